The van der Waals surface area contributed by atoms with Crippen molar-refractivity contribution in [1.82, 2.24) is 5.32 Å². The first kappa shape index (κ1) is 18.7. The molecule has 0 radical (unpaired) electrons. The molecule has 0 fully saturated rings. The first-order valence-electron chi connectivity index (χ1n) is 7.49. The van der Waals surface area contributed by atoms with Crippen molar-refractivity contribution in [2.75, 3.05) is 13.7 Å². The third-order valence-electron chi connectivity index (χ3n) is 3.12. The van der Waals surface area contributed by atoms with Gasteiger partial charge in [-0.2, -0.15) is 0 Å². The standard InChI is InChI=1S/C17H23NO5/c1-12(2)9-14(13-7-5-4-6-8-13)18-15(19)11-23-17(21)10-16(20)22-3/h4-8,12,14H,9-11H2,1-3H3,(H,18,19)/t14-/m1/s1. The highest BCUT2D eigenvalue weighted by atomic mass is 16.5. The van der Waals surface area contributed by atoms with Crippen LogP contribution in [0.4, 0.5) is 0 Å². The van der Waals surface area contributed by atoms with Crippen molar-refractivity contribution in [3.8, 4) is 0 Å². The zero-order valence-corrected chi connectivity index (χ0v) is 13.7. The molecule has 0 aromatic heterocycles. The van der Waals surface area contributed by atoms with E-state index in [4.69, 9.17) is 4.74 Å². The van der Waals surface area contributed by atoms with Crippen LogP contribution >= 0.6 is 0 Å². The SMILES string of the molecule is COC(=O)CC(=O)OCC(=O)N[C@H](CC(C)C)c1ccccc1. The number of esters is 2. The predicted octanol–water partition coefficient (Wildman–Crippen LogP) is 2.00. The Hall–Kier alpha value is -2.37. The molecule has 0 saturated heterocycles. The molecule has 0 aliphatic carbocycles. The van der Waals surface area contributed by atoms with Crippen molar-refractivity contribution >= 4 is 17.8 Å². The van der Waals surface area contributed by atoms with Gasteiger partial charge in [-0.1, -0.05) is 44.2 Å². The summed E-state index contributed by atoms with van der Waals surface area (Å²) in [6, 6.07) is 9.46. The summed E-state index contributed by atoms with van der Waals surface area (Å²) in [6.07, 6.45) is 0.268. The Morgan fingerprint density at radius 1 is 1.09 bits per heavy atom. The second-order valence-corrected chi connectivity index (χ2v) is 5.57. The van der Waals surface area contributed by atoms with Crippen molar-refractivity contribution in [2.24, 2.45) is 5.92 Å². The molecule has 6 heteroatoms. The van der Waals surface area contributed by atoms with E-state index in [0.29, 0.717) is 5.92 Å². The van der Waals surface area contributed by atoms with E-state index in [2.05, 4.69) is 23.9 Å². The lowest BCUT2D eigenvalue weighted by Crippen LogP contribution is -2.33. The molecule has 126 valence electrons. The third-order valence-corrected chi connectivity index (χ3v) is 3.12. The number of nitrogens with one attached hydrogen (secondary N) is 1. The number of rotatable bonds is 8. The molecule has 6 nitrogen and oxygen atoms in total. The third kappa shape index (κ3) is 7.44. The molecule has 1 atom stereocenters. The van der Waals surface area contributed by atoms with E-state index in [1.807, 2.05) is 30.3 Å². The second kappa shape index (κ2) is 9.61. The fourth-order valence-electron chi connectivity index (χ4n) is 2.06. The molecular weight excluding hydrogens is 298 g/mol. The summed E-state index contributed by atoms with van der Waals surface area (Å²) in [6.45, 7) is 3.72. The average molecular weight is 321 g/mol. The van der Waals surface area contributed by atoms with Gasteiger partial charge in [0.1, 0.15) is 6.42 Å². The molecule has 1 aromatic carbocycles. The lowest BCUT2D eigenvalue weighted by Gasteiger charge is -2.21. The Balaban J connectivity index is 2.54. The summed E-state index contributed by atoms with van der Waals surface area (Å²) < 4.78 is 9.12. The lowest BCUT2D eigenvalue weighted by atomic mass is 9.97. The monoisotopic (exact) mass is 321 g/mol. The van der Waals surface area contributed by atoms with Gasteiger partial charge in [0.25, 0.3) is 5.91 Å². The van der Waals surface area contributed by atoms with E-state index in [-0.39, 0.29) is 6.04 Å². The van der Waals surface area contributed by atoms with E-state index >= 15 is 0 Å². The zero-order chi connectivity index (χ0) is 17.2. The topological polar surface area (TPSA) is 81.7 Å². The van der Waals surface area contributed by atoms with Gasteiger partial charge in [-0.25, -0.2) is 0 Å². The number of benzene rings is 1. The van der Waals surface area contributed by atoms with Crippen LogP contribution in [-0.4, -0.2) is 31.6 Å². The first-order chi connectivity index (χ1) is 10.9. The molecular formula is C17H23NO5. The maximum atomic E-state index is 12.0. The van der Waals surface area contributed by atoms with Crippen LogP contribution in [-0.2, 0) is 23.9 Å². The number of carbonyl (C=O) groups is 3. The van der Waals surface area contributed by atoms with E-state index in [0.717, 1.165) is 12.0 Å². The maximum absolute atomic E-state index is 12.0. The Labute approximate surface area is 136 Å². The molecule has 0 unspecified atom stereocenters. The zero-order valence-electron chi connectivity index (χ0n) is 13.7. The Morgan fingerprint density at radius 3 is 2.30 bits per heavy atom. The van der Waals surface area contributed by atoms with E-state index in [1.165, 1.54) is 7.11 Å². The number of carbonyl (C=O) groups excluding carboxylic acids is 3. The fraction of sp³-hybridized carbons (Fsp3) is 0.471. The minimum absolute atomic E-state index is 0.150. The average Bonchev–Trinajstić information content (AvgIpc) is 2.52. The van der Waals surface area contributed by atoms with Gasteiger partial charge in [-0.3, -0.25) is 14.4 Å². The van der Waals surface area contributed by atoms with Crippen LogP contribution < -0.4 is 5.32 Å². The van der Waals surface area contributed by atoms with Gasteiger partial charge in [0.05, 0.1) is 13.2 Å². The highest BCUT2D eigenvalue weighted by Crippen LogP contribution is 2.20. The van der Waals surface area contributed by atoms with Gasteiger partial charge in [0.2, 0.25) is 0 Å². The number of amides is 1. The molecule has 1 amide bonds. The summed E-state index contributed by atoms with van der Waals surface area (Å²) in [4.78, 5) is 34.2. The molecule has 0 saturated carbocycles. The molecule has 0 aliphatic rings. The van der Waals surface area contributed by atoms with Crippen molar-refractivity contribution in [2.45, 2.75) is 32.7 Å². The summed E-state index contributed by atoms with van der Waals surface area (Å²) in [5, 5.41) is 2.85. The molecule has 1 rings (SSSR count). The van der Waals surface area contributed by atoms with Crippen LogP contribution in [0.2, 0.25) is 0 Å². The second-order valence-electron chi connectivity index (χ2n) is 5.57. The minimum atomic E-state index is -0.785. The molecule has 1 aromatic rings. The van der Waals surface area contributed by atoms with Crippen molar-refractivity contribution < 1.29 is 23.9 Å². The Morgan fingerprint density at radius 2 is 1.74 bits per heavy atom. The number of hydrogen-bond acceptors (Lipinski definition) is 5. The molecule has 0 heterocycles. The molecule has 0 spiro atoms. The highest BCUT2D eigenvalue weighted by molar-refractivity contribution is 5.92. The van der Waals surface area contributed by atoms with Crippen LogP contribution in [0, 0.1) is 5.92 Å². The smallest absolute Gasteiger partial charge is 0.317 e. The van der Waals surface area contributed by atoms with Crippen LogP contribution in [0.1, 0.15) is 38.3 Å². The minimum Gasteiger partial charge on any atom is -0.469 e. The summed E-state index contributed by atoms with van der Waals surface area (Å²) >= 11 is 0. The van der Waals surface area contributed by atoms with Gasteiger partial charge >= 0.3 is 11.9 Å². The number of methoxy groups -OCH3 is 1. The maximum Gasteiger partial charge on any atom is 0.317 e. The quantitative estimate of drug-likeness (QED) is 0.585. The van der Waals surface area contributed by atoms with Gasteiger partial charge in [0.15, 0.2) is 6.61 Å². The lowest BCUT2D eigenvalue weighted by molar-refractivity contribution is -0.155. The predicted molar refractivity (Wildman–Crippen MR) is 84.4 cm³/mol. The van der Waals surface area contributed by atoms with Gasteiger partial charge in [0, 0.05) is 0 Å². The highest BCUT2D eigenvalue weighted by Gasteiger charge is 2.18. The summed E-state index contributed by atoms with van der Waals surface area (Å²) in [5.74, 6) is -1.50. The summed E-state index contributed by atoms with van der Waals surface area (Å²) in [7, 11) is 1.18. The van der Waals surface area contributed by atoms with E-state index in [9.17, 15) is 14.4 Å². The molecule has 0 bridgehead atoms. The Kier molecular flexibility index (Phi) is 7.80. The van der Waals surface area contributed by atoms with E-state index in [1.54, 1.807) is 0 Å². The number of hydrogen-bond donors (Lipinski definition) is 1. The van der Waals surface area contributed by atoms with Gasteiger partial charge in [-0.15, -0.1) is 0 Å². The molecule has 23 heavy (non-hydrogen) atoms. The molecule has 0 aliphatic heterocycles. The normalized spacial score (nSPS) is 11.7. The van der Waals surface area contributed by atoms with Crippen molar-refractivity contribution in [1.29, 1.82) is 0 Å². The van der Waals surface area contributed by atoms with Gasteiger partial charge in [-0.05, 0) is 17.9 Å². The largest absolute Gasteiger partial charge is 0.469 e. The van der Waals surface area contributed by atoms with E-state index < -0.39 is 30.9 Å². The van der Waals surface area contributed by atoms with Gasteiger partial charge < -0.3 is 14.8 Å². The van der Waals surface area contributed by atoms with Crippen LogP contribution in [0.25, 0.3) is 0 Å². The van der Waals surface area contributed by atoms with Crippen molar-refractivity contribution in [3.05, 3.63) is 35.9 Å². The van der Waals surface area contributed by atoms with Crippen LogP contribution in [0.15, 0.2) is 30.3 Å². The Bertz CT molecular complexity index is 527. The summed E-state index contributed by atoms with van der Waals surface area (Å²) in [5.41, 5.74) is 0.996. The number of ether oxygens (including phenoxy) is 2. The van der Waals surface area contributed by atoms with Crippen LogP contribution in [0.3, 0.4) is 0 Å². The fourth-order valence-corrected chi connectivity index (χ4v) is 2.06. The first-order valence-corrected chi connectivity index (χ1v) is 7.49. The van der Waals surface area contributed by atoms with Crippen LogP contribution in [0.5, 0.6) is 0 Å². The molecule has 1 N–H and O–H groups in total. The van der Waals surface area contributed by atoms with Crippen molar-refractivity contribution in [3.63, 3.8) is 0 Å².